The third kappa shape index (κ3) is 6.34. The van der Waals surface area contributed by atoms with Gasteiger partial charge in [0.05, 0.1) is 29.3 Å². The minimum Gasteiger partial charge on any atom is -0.507 e. The third-order valence-corrected chi connectivity index (χ3v) is 7.19. The summed E-state index contributed by atoms with van der Waals surface area (Å²) in [5, 5.41) is 11.0. The van der Waals surface area contributed by atoms with Crippen molar-refractivity contribution >= 4 is 27.8 Å². The normalized spacial score (nSPS) is 20.0. The van der Waals surface area contributed by atoms with Crippen LogP contribution in [0.3, 0.4) is 0 Å². The van der Waals surface area contributed by atoms with Crippen molar-refractivity contribution in [3.63, 3.8) is 0 Å². The van der Waals surface area contributed by atoms with Crippen LogP contribution in [0.4, 0.5) is 0 Å². The van der Waals surface area contributed by atoms with Crippen LogP contribution in [0.15, 0.2) is 46.5 Å². The number of carbonyl (C=O) groups excluding carboxylic acids is 1. The molecular weight excluding hydrogens is 504 g/mol. The molecule has 0 aromatic heterocycles. The number of aromatic hydroxyl groups is 1. The number of likely N-dealkylation sites (tertiary alicyclic amines) is 1. The number of nitrogens with zero attached hydrogens (tertiary/aromatic N) is 2. The van der Waals surface area contributed by atoms with E-state index in [1.165, 1.54) is 5.56 Å². The monoisotopic (exact) mass is 542 g/mol. The van der Waals surface area contributed by atoms with E-state index in [0.717, 1.165) is 23.4 Å². The minimum absolute atomic E-state index is 0.0196. The average Bonchev–Trinajstić information content (AvgIpc) is 3.08. The van der Waals surface area contributed by atoms with E-state index < -0.39 is 0 Å². The van der Waals surface area contributed by atoms with Crippen molar-refractivity contribution in [1.29, 1.82) is 0 Å². The molecule has 1 heterocycles. The van der Waals surface area contributed by atoms with Crippen molar-refractivity contribution in [2.45, 2.75) is 58.8 Å². The first-order chi connectivity index (χ1) is 16.4. The molecular formula is C29H39BrN2O3. The smallest absolute Gasteiger partial charge is 0.182 e. The molecule has 1 aliphatic rings. The Morgan fingerprint density at radius 1 is 1.09 bits per heavy atom. The van der Waals surface area contributed by atoms with Gasteiger partial charge in [0.1, 0.15) is 11.6 Å². The predicted molar refractivity (Wildman–Crippen MR) is 147 cm³/mol. The molecule has 0 radical (unpaired) electrons. The maximum Gasteiger partial charge on any atom is 0.182 e. The molecule has 0 unspecified atom stereocenters. The number of methoxy groups -OCH3 is 1. The third-order valence-electron chi connectivity index (χ3n) is 6.83. The highest BCUT2D eigenvalue weighted by atomic mass is 79.9. The van der Waals surface area contributed by atoms with Gasteiger partial charge < -0.3 is 14.7 Å². The van der Waals surface area contributed by atoms with Gasteiger partial charge in [-0.05, 0) is 34.9 Å². The number of hydrogen-bond acceptors (Lipinski definition) is 4. The Labute approximate surface area is 218 Å². The molecule has 5 nitrogen and oxygen atoms in total. The van der Waals surface area contributed by atoms with Gasteiger partial charge in [-0.25, -0.2) is 0 Å². The van der Waals surface area contributed by atoms with Crippen LogP contribution in [0.5, 0.6) is 5.75 Å². The van der Waals surface area contributed by atoms with E-state index in [1.807, 2.05) is 30.3 Å². The van der Waals surface area contributed by atoms with Gasteiger partial charge in [0.25, 0.3) is 0 Å². The standard InChI is InChI=1S/C29H39BrN2O3/c1-28(2,3)23-14-20(15-24(26(23)34)29(4,5)6)25(33)17-32-16-21(18-35-7)22(27(32)31-30)13-19-11-9-8-10-12-19/h8-12,14-15,21-22,34H,13,16-18H2,1-7H3/t21-,22-/m1/s1. The van der Waals surface area contributed by atoms with Gasteiger partial charge in [-0.3, -0.25) is 4.79 Å². The zero-order chi connectivity index (χ0) is 26.0. The number of ether oxygens (including phenoxy) is 1. The van der Waals surface area contributed by atoms with Gasteiger partial charge in [-0.1, -0.05) is 71.9 Å². The molecule has 6 heteroatoms. The van der Waals surface area contributed by atoms with Crippen molar-refractivity contribution in [2.75, 3.05) is 26.8 Å². The van der Waals surface area contributed by atoms with Gasteiger partial charge >= 0.3 is 0 Å². The highest BCUT2D eigenvalue weighted by Crippen LogP contribution is 2.40. The molecule has 1 fully saturated rings. The van der Waals surface area contributed by atoms with Crippen molar-refractivity contribution in [2.24, 2.45) is 15.9 Å². The van der Waals surface area contributed by atoms with Crippen LogP contribution in [-0.4, -0.2) is 48.4 Å². The summed E-state index contributed by atoms with van der Waals surface area (Å²) in [6, 6.07) is 14.1. The molecule has 0 saturated carbocycles. The summed E-state index contributed by atoms with van der Waals surface area (Å²) in [5.41, 5.74) is 2.87. The lowest BCUT2D eigenvalue weighted by Gasteiger charge is -2.28. The lowest BCUT2D eigenvalue weighted by Crippen LogP contribution is -2.33. The average molecular weight is 544 g/mol. The summed E-state index contributed by atoms with van der Waals surface area (Å²) in [4.78, 5) is 15.7. The molecule has 3 rings (SSSR count). The largest absolute Gasteiger partial charge is 0.507 e. The second kappa shape index (κ2) is 10.8. The first kappa shape index (κ1) is 27.4. The summed E-state index contributed by atoms with van der Waals surface area (Å²) >= 11 is 3.34. The molecule has 0 spiro atoms. The Morgan fingerprint density at radius 2 is 1.66 bits per heavy atom. The molecule has 1 N–H and O–H groups in total. The highest BCUT2D eigenvalue weighted by molar-refractivity contribution is 9.08. The number of phenols is 1. The molecule has 0 bridgehead atoms. The molecule has 2 atom stereocenters. The number of phenolic OH excluding ortho intramolecular Hbond substituents is 1. The fraction of sp³-hybridized carbons (Fsp3) is 0.517. The quantitative estimate of drug-likeness (QED) is 0.416. The summed E-state index contributed by atoms with van der Waals surface area (Å²) in [6.07, 6.45) is 0.839. The maximum atomic E-state index is 13.6. The van der Waals surface area contributed by atoms with Gasteiger partial charge in [-0.15, -0.1) is 0 Å². The molecule has 190 valence electrons. The van der Waals surface area contributed by atoms with Crippen LogP contribution >= 0.6 is 16.1 Å². The summed E-state index contributed by atoms with van der Waals surface area (Å²) < 4.78 is 10.00. The SMILES string of the molecule is COC[C@H]1CN(CC(=O)c2cc(C(C)(C)C)c(O)c(C(C)(C)C)c2)C(=NBr)[C@@H]1Cc1ccccc1. The number of rotatable bonds is 7. The van der Waals surface area contributed by atoms with Crippen LogP contribution in [0, 0.1) is 11.8 Å². The topological polar surface area (TPSA) is 62.1 Å². The first-order valence-electron chi connectivity index (χ1n) is 12.2. The Morgan fingerprint density at radius 3 is 2.14 bits per heavy atom. The zero-order valence-corrected chi connectivity index (χ0v) is 23.6. The second-order valence-electron chi connectivity index (χ2n) is 11.7. The maximum absolute atomic E-state index is 13.6. The van der Waals surface area contributed by atoms with Gasteiger partial charge in [0, 0.05) is 42.2 Å². The molecule has 2 aromatic rings. The number of hydrogen-bond donors (Lipinski definition) is 1. The highest BCUT2D eigenvalue weighted by Gasteiger charge is 2.39. The molecule has 0 amide bonds. The van der Waals surface area contributed by atoms with Crippen molar-refractivity contribution in [3.05, 3.63) is 64.7 Å². The number of benzene rings is 2. The van der Waals surface area contributed by atoms with E-state index in [0.29, 0.717) is 18.7 Å². The van der Waals surface area contributed by atoms with Gasteiger partial charge in [0.2, 0.25) is 0 Å². The lowest BCUT2D eigenvalue weighted by atomic mass is 9.78. The number of amidine groups is 1. The van der Waals surface area contributed by atoms with Gasteiger partial charge in [-0.2, -0.15) is 4.02 Å². The number of halogens is 1. The molecule has 1 aliphatic heterocycles. The van der Waals surface area contributed by atoms with Crippen LogP contribution in [0.25, 0.3) is 0 Å². The van der Waals surface area contributed by atoms with Gasteiger partial charge in [0.15, 0.2) is 5.78 Å². The van der Waals surface area contributed by atoms with Crippen LogP contribution < -0.4 is 0 Å². The molecule has 1 saturated heterocycles. The fourth-order valence-electron chi connectivity index (χ4n) is 4.92. The summed E-state index contributed by atoms with van der Waals surface area (Å²) in [5.74, 6) is 1.58. The molecule has 0 aliphatic carbocycles. The van der Waals surface area contributed by atoms with E-state index in [-0.39, 0.29) is 40.7 Å². The molecule has 2 aromatic carbocycles. The Bertz CT molecular complexity index is 1030. The van der Waals surface area contributed by atoms with E-state index in [1.54, 1.807) is 7.11 Å². The predicted octanol–water partition coefficient (Wildman–Crippen LogP) is 6.32. The lowest BCUT2D eigenvalue weighted by molar-refractivity contribution is 0.0954. The minimum atomic E-state index is -0.291. The Balaban J connectivity index is 1.92. The first-order valence-corrected chi connectivity index (χ1v) is 13.0. The van der Waals surface area contributed by atoms with Crippen molar-refractivity contribution in [3.8, 4) is 5.75 Å². The summed E-state index contributed by atoms with van der Waals surface area (Å²) in [6.45, 7) is 13.9. The van der Waals surface area contributed by atoms with Crippen molar-refractivity contribution < 1.29 is 14.6 Å². The number of ketones is 1. The second-order valence-corrected chi connectivity index (χ2v) is 12.0. The molecule has 35 heavy (non-hydrogen) atoms. The van der Waals surface area contributed by atoms with Crippen LogP contribution in [0.1, 0.15) is 68.6 Å². The van der Waals surface area contributed by atoms with Crippen LogP contribution in [0.2, 0.25) is 0 Å². The van der Waals surface area contributed by atoms with E-state index in [4.69, 9.17) is 4.74 Å². The summed E-state index contributed by atoms with van der Waals surface area (Å²) in [7, 11) is 1.72. The van der Waals surface area contributed by atoms with Crippen LogP contribution in [-0.2, 0) is 22.0 Å². The van der Waals surface area contributed by atoms with Crippen molar-refractivity contribution in [1.82, 2.24) is 4.90 Å². The Hall–Kier alpha value is -2.18. The number of Topliss-reactive ketones (excluding diaryl/α,β-unsaturated/α-hetero) is 1. The fourth-order valence-corrected chi connectivity index (χ4v) is 5.41. The van der Waals surface area contributed by atoms with E-state index in [9.17, 15) is 9.90 Å². The van der Waals surface area contributed by atoms with E-state index in [2.05, 4.69) is 78.7 Å². The Kier molecular flexibility index (Phi) is 8.48. The zero-order valence-electron chi connectivity index (χ0n) is 22.1. The van der Waals surface area contributed by atoms with E-state index >= 15 is 0 Å². The number of carbonyl (C=O) groups is 1.